The molecule has 6 heteroatoms. The third kappa shape index (κ3) is 5.59. The van der Waals surface area contributed by atoms with Crippen molar-refractivity contribution in [3.05, 3.63) is 90.0 Å². The maximum Gasteiger partial charge on any atom is 0.272 e. The maximum absolute atomic E-state index is 13.1. The second kappa shape index (κ2) is 11.1. The summed E-state index contributed by atoms with van der Waals surface area (Å²) in [6.45, 7) is 2.83. The van der Waals surface area contributed by atoms with Crippen molar-refractivity contribution in [3.63, 3.8) is 0 Å². The summed E-state index contributed by atoms with van der Waals surface area (Å²) in [5, 5.41) is 4.90. The minimum absolute atomic E-state index is 0.307. The largest absolute Gasteiger partial charge is 0.497 e. The Hall–Kier alpha value is -4.19. The Morgan fingerprint density at radius 1 is 1.00 bits per heavy atom. The van der Waals surface area contributed by atoms with E-state index in [2.05, 4.69) is 17.5 Å². The highest BCUT2D eigenvalue weighted by molar-refractivity contribution is 6.07. The number of para-hydroxylation sites is 1. The van der Waals surface area contributed by atoms with Crippen LogP contribution < -0.4 is 14.9 Å². The van der Waals surface area contributed by atoms with Gasteiger partial charge < -0.3 is 9.47 Å². The third-order valence-corrected chi connectivity index (χ3v) is 5.35. The van der Waals surface area contributed by atoms with Crippen LogP contribution in [0.1, 0.15) is 35.7 Å². The van der Waals surface area contributed by atoms with Gasteiger partial charge >= 0.3 is 0 Å². The first-order valence-electron chi connectivity index (χ1n) is 11.3. The number of benzene rings is 3. The summed E-state index contributed by atoms with van der Waals surface area (Å²) in [6, 6.07) is 24.6. The molecule has 0 atom stereocenters. The van der Waals surface area contributed by atoms with Crippen LogP contribution >= 0.6 is 0 Å². The van der Waals surface area contributed by atoms with Gasteiger partial charge in [-0.15, -0.1) is 0 Å². The Morgan fingerprint density at radius 2 is 1.82 bits per heavy atom. The highest BCUT2D eigenvalue weighted by Crippen LogP contribution is 2.26. The maximum atomic E-state index is 13.1. The number of fused-ring (bicyclic) bond motifs is 1. The van der Waals surface area contributed by atoms with Gasteiger partial charge in [0.2, 0.25) is 0 Å². The summed E-state index contributed by atoms with van der Waals surface area (Å²) in [5.41, 5.74) is 6.32. The molecule has 4 rings (SSSR count). The van der Waals surface area contributed by atoms with E-state index in [1.54, 1.807) is 19.4 Å². The molecule has 0 saturated heterocycles. The fourth-order valence-electron chi connectivity index (χ4n) is 3.51. The molecule has 0 bridgehead atoms. The highest BCUT2D eigenvalue weighted by atomic mass is 16.5. The molecule has 1 heterocycles. The summed E-state index contributed by atoms with van der Waals surface area (Å²) in [7, 11) is 1.61. The second-order valence-corrected chi connectivity index (χ2v) is 7.77. The van der Waals surface area contributed by atoms with Crippen LogP contribution in [0.15, 0.2) is 84.0 Å². The highest BCUT2D eigenvalue weighted by Gasteiger charge is 2.13. The molecule has 0 fully saturated rings. The standard InChI is InChI=1S/C28H27N3O3/c1-3-4-16-34-22-14-12-21(13-15-22)27-18-25(24-10-5-6-11-26(24)30-27)28(32)31-29-19-20-8-7-9-23(17-20)33-2/h5-15,17-19H,3-4,16H2,1-2H3,(H,31,32). The molecule has 0 aliphatic carbocycles. The number of methoxy groups -OCH3 is 1. The zero-order valence-corrected chi connectivity index (χ0v) is 19.3. The van der Waals surface area contributed by atoms with E-state index in [1.807, 2.05) is 72.8 Å². The molecule has 3 aromatic carbocycles. The number of amides is 1. The fraction of sp³-hybridized carbons (Fsp3) is 0.179. The predicted octanol–water partition coefficient (Wildman–Crippen LogP) is 5.85. The number of rotatable bonds is 9. The number of pyridine rings is 1. The lowest BCUT2D eigenvalue weighted by Crippen LogP contribution is -2.18. The summed E-state index contributed by atoms with van der Waals surface area (Å²) in [4.78, 5) is 17.8. The van der Waals surface area contributed by atoms with Crippen molar-refractivity contribution in [2.24, 2.45) is 5.10 Å². The smallest absolute Gasteiger partial charge is 0.272 e. The monoisotopic (exact) mass is 453 g/mol. The van der Waals surface area contributed by atoms with Crippen LogP contribution in [0.2, 0.25) is 0 Å². The van der Waals surface area contributed by atoms with E-state index in [0.29, 0.717) is 17.9 Å². The molecular formula is C28H27N3O3. The number of hydrazone groups is 1. The van der Waals surface area contributed by atoms with Crippen LogP contribution in [0.5, 0.6) is 11.5 Å². The average molecular weight is 454 g/mol. The molecule has 34 heavy (non-hydrogen) atoms. The fourth-order valence-corrected chi connectivity index (χ4v) is 3.51. The van der Waals surface area contributed by atoms with E-state index in [-0.39, 0.29) is 5.91 Å². The Balaban J connectivity index is 1.58. The molecule has 0 unspecified atom stereocenters. The summed E-state index contributed by atoms with van der Waals surface area (Å²) >= 11 is 0. The van der Waals surface area contributed by atoms with Gasteiger partial charge in [-0.2, -0.15) is 5.10 Å². The van der Waals surface area contributed by atoms with Crippen molar-refractivity contribution in [1.29, 1.82) is 0 Å². The van der Waals surface area contributed by atoms with Gasteiger partial charge in [0.05, 0.1) is 36.7 Å². The van der Waals surface area contributed by atoms with E-state index in [4.69, 9.17) is 14.5 Å². The van der Waals surface area contributed by atoms with Gasteiger partial charge in [0.15, 0.2) is 0 Å². The zero-order chi connectivity index (χ0) is 23.8. The van der Waals surface area contributed by atoms with Gasteiger partial charge in [0.1, 0.15) is 11.5 Å². The van der Waals surface area contributed by atoms with E-state index in [0.717, 1.165) is 46.4 Å². The van der Waals surface area contributed by atoms with Crippen molar-refractivity contribution in [2.75, 3.05) is 13.7 Å². The molecule has 1 amide bonds. The normalized spacial score (nSPS) is 11.0. The number of ether oxygens (including phenoxy) is 2. The number of carbonyl (C=O) groups is 1. The van der Waals surface area contributed by atoms with Gasteiger partial charge in [-0.05, 0) is 60.5 Å². The number of nitrogens with one attached hydrogen (secondary N) is 1. The van der Waals surface area contributed by atoms with Gasteiger partial charge in [-0.3, -0.25) is 4.79 Å². The Morgan fingerprint density at radius 3 is 2.62 bits per heavy atom. The number of unbranched alkanes of at least 4 members (excludes halogenated alkanes) is 1. The minimum Gasteiger partial charge on any atom is -0.497 e. The number of hydrogen-bond donors (Lipinski definition) is 1. The Kier molecular flexibility index (Phi) is 7.50. The van der Waals surface area contributed by atoms with Crippen LogP contribution in [0, 0.1) is 0 Å². The van der Waals surface area contributed by atoms with Gasteiger partial charge in [0.25, 0.3) is 5.91 Å². The molecule has 0 aliphatic heterocycles. The topological polar surface area (TPSA) is 72.8 Å². The molecule has 0 spiro atoms. The van der Waals surface area contributed by atoms with Gasteiger partial charge in [0, 0.05) is 10.9 Å². The van der Waals surface area contributed by atoms with Crippen LogP contribution in [0.4, 0.5) is 0 Å². The zero-order valence-electron chi connectivity index (χ0n) is 19.3. The molecular weight excluding hydrogens is 426 g/mol. The molecule has 1 N–H and O–H groups in total. The molecule has 172 valence electrons. The van der Waals surface area contributed by atoms with Crippen LogP contribution in [-0.4, -0.2) is 30.8 Å². The second-order valence-electron chi connectivity index (χ2n) is 7.77. The van der Waals surface area contributed by atoms with Crippen LogP contribution in [-0.2, 0) is 0 Å². The van der Waals surface area contributed by atoms with Crippen molar-refractivity contribution >= 4 is 23.0 Å². The van der Waals surface area contributed by atoms with Crippen molar-refractivity contribution < 1.29 is 14.3 Å². The van der Waals surface area contributed by atoms with Crippen LogP contribution in [0.3, 0.4) is 0 Å². The Bertz CT molecular complexity index is 1300. The molecule has 4 aromatic rings. The number of aromatic nitrogens is 1. The SMILES string of the molecule is CCCCOc1ccc(-c2cc(C(=O)NN=Cc3cccc(OC)c3)c3ccccc3n2)cc1. The lowest BCUT2D eigenvalue weighted by molar-refractivity contribution is 0.0956. The number of carbonyl (C=O) groups excluding carboxylic acids is 1. The number of hydrogen-bond acceptors (Lipinski definition) is 5. The quantitative estimate of drug-likeness (QED) is 0.196. The summed E-state index contributed by atoms with van der Waals surface area (Å²) in [6.07, 6.45) is 3.70. The van der Waals surface area contributed by atoms with Crippen LogP contribution in [0.25, 0.3) is 22.2 Å². The molecule has 1 aromatic heterocycles. The number of nitrogens with zero attached hydrogens (tertiary/aromatic N) is 2. The first-order chi connectivity index (χ1) is 16.7. The third-order valence-electron chi connectivity index (χ3n) is 5.35. The molecule has 0 radical (unpaired) electrons. The van der Waals surface area contributed by atoms with E-state index >= 15 is 0 Å². The average Bonchev–Trinajstić information content (AvgIpc) is 2.88. The summed E-state index contributed by atoms with van der Waals surface area (Å²) < 4.78 is 11.0. The molecule has 6 nitrogen and oxygen atoms in total. The Labute approximate surface area is 199 Å². The van der Waals surface area contributed by atoms with E-state index in [1.165, 1.54) is 0 Å². The van der Waals surface area contributed by atoms with Crippen molar-refractivity contribution in [1.82, 2.24) is 10.4 Å². The molecule has 0 saturated carbocycles. The van der Waals surface area contributed by atoms with Crippen molar-refractivity contribution in [3.8, 4) is 22.8 Å². The summed E-state index contributed by atoms with van der Waals surface area (Å²) in [5.74, 6) is 1.24. The first-order valence-corrected chi connectivity index (χ1v) is 11.3. The van der Waals surface area contributed by atoms with Gasteiger partial charge in [-0.1, -0.05) is 43.7 Å². The minimum atomic E-state index is -0.307. The van der Waals surface area contributed by atoms with Crippen molar-refractivity contribution in [2.45, 2.75) is 19.8 Å². The predicted molar refractivity (Wildman–Crippen MR) is 136 cm³/mol. The van der Waals surface area contributed by atoms with E-state index < -0.39 is 0 Å². The molecule has 0 aliphatic rings. The lowest BCUT2D eigenvalue weighted by atomic mass is 10.0. The van der Waals surface area contributed by atoms with E-state index in [9.17, 15) is 4.79 Å². The lowest BCUT2D eigenvalue weighted by Gasteiger charge is -2.10. The van der Waals surface area contributed by atoms with Gasteiger partial charge in [-0.25, -0.2) is 10.4 Å². The first kappa shape index (κ1) is 23.0.